The lowest BCUT2D eigenvalue weighted by atomic mass is 10.1. The van der Waals surface area contributed by atoms with Crippen LogP contribution in [-0.2, 0) is 0 Å². The second-order valence-corrected chi connectivity index (χ2v) is 3.54. The maximum Gasteiger partial charge on any atom is 0.115 e. The molecule has 3 heteroatoms. The van der Waals surface area contributed by atoms with Crippen molar-refractivity contribution in [1.29, 1.82) is 0 Å². The molecule has 1 N–H and O–H groups in total. The number of benzene rings is 1. The Kier molecular flexibility index (Phi) is 2.37. The lowest BCUT2D eigenvalue weighted by Gasteiger charge is -2.03. The number of phenols is 1. The second kappa shape index (κ2) is 3.69. The van der Waals surface area contributed by atoms with E-state index < -0.39 is 0 Å². The van der Waals surface area contributed by atoms with Crippen LogP contribution in [0, 0.1) is 13.8 Å². The van der Waals surface area contributed by atoms with E-state index >= 15 is 0 Å². The minimum atomic E-state index is 0.260. The van der Waals surface area contributed by atoms with Crippen LogP contribution in [0.25, 0.3) is 11.3 Å². The minimum Gasteiger partial charge on any atom is -0.508 e. The SMILES string of the molecule is Cc1cc(-c2ccc(O)cc2)nnc1C. The molecule has 0 amide bonds. The highest BCUT2D eigenvalue weighted by Crippen LogP contribution is 2.20. The van der Waals surface area contributed by atoms with Crippen molar-refractivity contribution in [3.8, 4) is 17.0 Å². The van der Waals surface area contributed by atoms with Crippen LogP contribution in [0.5, 0.6) is 5.75 Å². The Balaban J connectivity index is 2.45. The molecule has 3 nitrogen and oxygen atoms in total. The van der Waals surface area contributed by atoms with Gasteiger partial charge in [0.1, 0.15) is 5.75 Å². The van der Waals surface area contributed by atoms with Gasteiger partial charge in [-0.3, -0.25) is 0 Å². The Morgan fingerprint density at radius 3 is 2.27 bits per heavy atom. The molecule has 0 bridgehead atoms. The van der Waals surface area contributed by atoms with Gasteiger partial charge in [-0.05, 0) is 49.7 Å². The quantitative estimate of drug-likeness (QED) is 0.769. The number of rotatable bonds is 1. The van der Waals surface area contributed by atoms with E-state index in [9.17, 15) is 0 Å². The van der Waals surface area contributed by atoms with Crippen LogP contribution in [0.15, 0.2) is 30.3 Å². The van der Waals surface area contributed by atoms with Gasteiger partial charge in [0.05, 0.1) is 11.4 Å². The zero-order chi connectivity index (χ0) is 10.8. The predicted octanol–water partition coefficient (Wildman–Crippen LogP) is 2.47. The Hall–Kier alpha value is -1.90. The molecular weight excluding hydrogens is 188 g/mol. The molecule has 0 unspecified atom stereocenters. The third-order valence-corrected chi connectivity index (χ3v) is 2.39. The lowest BCUT2D eigenvalue weighted by molar-refractivity contribution is 0.475. The van der Waals surface area contributed by atoms with Crippen LogP contribution < -0.4 is 0 Å². The van der Waals surface area contributed by atoms with E-state index in [-0.39, 0.29) is 5.75 Å². The van der Waals surface area contributed by atoms with E-state index in [1.165, 1.54) is 0 Å². The highest BCUT2D eigenvalue weighted by atomic mass is 16.3. The molecule has 76 valence electrons. The highest BCUT2D eigenvalue weighted by molar-refractivity contribution is 5.60. The average Bonchev–Trinajstić information content (AvgIpc) is 2.23. The summed E-state index contributed by atoms with van der Waals surface area (Å²) in [7, 11) is 0. The van der Waals surface area contributed by atoms with Gasteiger partial charge in [0.15, 0.2) is 0 Å². The van der Waals surface area contributed by atoms with Gasteiger partial charge in [-0.1, -0.05) is 0 Å². The Morgan fingerprint density at radius 2 is 1.67 bits per heavy atom. The molecule has 0 fully saturated rings. The van der Waals surface area contributed by atoms with Crippen molar-refractivity contribution in [2.45, 2.75) is 13.8 Å². The molecular formula is C12H12N2O. The minimum absolute atomic E-state index is 0.260. The van der Waals surface area contributed by atoms with E-state index in [0.29, 0.717) is 0 Å². The number of aromatic nitrogens is 2. The first-order valence-electron chi connectivity index (χ1n) is 4.77. The molecule has 0 saturated carbocycles. The van der Waals surface area contributed by atoms with Crippen LogP contribution in [0.3, 0.4) is 0 Å². The summed E-state index contributed by atoms with van der Waals surface area (Å²) in [6.07, 6.45) is 0. The molecule has 0 radical (unpaired) electrons. The molecule has 0 aliphatic rings. The van der Waals surface area contributed by atoms with E-state index in [1.54, 1.807) is 12.1 Å². The number of hydrogen-bond acceptors (Lipinski definition) is 3. The van der Waals surface area contributed by atoms with E-state index in [1.807, 2.05) is 32.0 Å². The summed E-state index contributed by atoms with van der Waals surface area (Å²) in [6, 6.07) is 8.94. The number of aryl methyl sites for hydroxylation is 2. The summed E-state index contributed by atoms with van der Waals surface area (Å²) in [5.74, 6) is 0.260. The van der Waals surface area contributed by atoms with Gasteiger partial charge in [0.2, 0.25) is 0 Å². The summed E-state index contributed by atoms with van der Waals surface area (Å²) >= 11 is 0. The van der Waals surface area contributed by atoms with Crippen LogP contribution >= 0.6 is 0 Å². The third kappa shape index (κ3) is 1.96. The first-order chi connectivity index (χ1) is 7.16. The van der Waals surface area contributed by atoms with Crippen LogP contribution in [0.1, 0.15) is 11.3 Å². The molecule has 0 spiro atoms. The summed E-state index contributed by atoms with van der Waals surface area (Å²) in [4.78, 5) is 0. The summed E-state index contributed by atoms with van der Waals surface area (Å²) in [5.41, 5.74) is 3.85. The molecule has 1 aromatic carbocycles. The second-order valence-electron chi connectivity index (χ2n) is 3.54. The van der Waals surface area contributed by atoms with Gasteiger partial charge in [-0.25, -0.2) is 0 Å². The van der Waals surface area contributed by atoms with E-state index in [4.69, 9.17) is 5.11 Å². The Bertz CT molecular complexity index is 477. The number of aromatic hydroxyl groups is 1. The molecule has 0 saturated heterocycles. The summed E-state index contributed by atoms with van der Waals surface area (Å²) < 4.78 is 0. The van der Waals surface area contributed by atoms with Crippen molar-refractivity contribution in [3.63, 3.8) is 0 Å². The van der Waals surface area contributed by atoms with Crippen molar-refractivity contribution in [3.05, 3.63) is 41.6 Å². The molecule has 0 aliphatic carbocycles. The maximum atomic E-state index is 9.17. The fourth-order valence-corrected chi connectivity index (χ4v) is 1.32. The van der Waals surface area contributed by atoms with Gasteiger partial charge in [-0.2, -0.15) is 10.2 Å². The molecule has 0 atom stereocenters. The predicted molar refractivity (Wildman–Crippen MR) is 58.6 cm³/mol. The van der Waals surface area contributed by atoms with Crippen molar-refractivity contribution in [2.24, 2.45) is 0 Å². The largest absolute Gasteiger partial charge is 0.508 e. The normalized spacial score (nSPS) is 10.3. The zero-order valence-corrected chi connectivity index (χ0v) is 8.73. The van der Waals surface area contributed by atoms with E-state index in [2.05, 4.69) is 10.2 Å². The van der Waals surface area contributed by atoms with Crippen LogP contribution in [0.4, 0.5) is 0 Å². The lowest BCUT2D eigenvalue weighted by Crippen LogP contribution is -1.93. The van der Waals surface area contributed by atoms with Crippen molar-refractivity contribution in [2.75, 3.05) is 0 Å². The molecule has 1 heterocycles. The summed E-state index contributed by atoms with van der Waals surface area (Å²) in [6.45, 7) is 3.94. The summed E-state index contributed by atoms with van der Waals surface area (Å²) in [5, 5.41) is 17.3. The average molecular weight is 200 g/mol. The molecule has 2 rings (SSSR count). The highest BCUT2D eigenvalue weighted by Gasteiger charge is 2.02. The fourth-order valence-electron chi connectivity index (χ4n) is 1.32. The van der Waals surface area contributed by atoms with Crippen molar-refractivity contribution >= 4 is 0 Å². The third-order valence-electron chi connectivity index (χ3n) is 2.39. The molecule has 0 aliphatic heterocycles. The zero-order valence-electron chi connectivity index (χ0n) is 8.73. The van der Waals surface area contributed by atoms with Gasteiger partial charge < -0.3 is 5.11 Å². The molecule has 2 aromatic rings. The molecule has 15 heavy (non-hydrogen) atoms. The molecule has 1 aromatic heterocycles. The van der Waals surface area contributed by atoms with Crippen molar-refractivity contribution in [1.82, 2.24) is 10.2 Å². The first kappa shape index (κ1) is 9.65. The van der Waals surface area contributed by atoms with E-state index in [0.717, 1.165) is 22.5 Å². The van der Waals surface area contributed by atoms with Gasteiger partial charge in [0, 0.05) is 5.56 Å². The van der Waals surface area contributed by atoms with Gasteiger partial charge in [-0.15, -0.1) is 0 Å². The number of phenolic OH excluding ortho intramolecular Hbond substituents is 1. The van der Waals surface area contributed by atoms with Crippen LogP contribution in [-0.4, -0.2) is 15.3 Å². The standard InChI is InChI=1S/C12H12N2O/c1-8-7-12(14-13-9(8)2)10-3-5-11(15)6-4-10/h3-7,15H,1-2H3. The van der Waals surface area contributed by atoms with Gasteiger partial charge >= 0.3 is 0 Å². The monoisotopic (exact) mass is 200 g/mol. The van der Waals surface area contributed by atoms with Crippen LogP contribution in [0.2, 0.25) is 0 Å². The Labute approximate surface area is 88.4 Å². The fraction of sp³-hybridized carbons (Fsp3) is 0.167. The smallest absolute Gasteiger partial charge is 0.115 e. The van der Waals surface area contributed by atoms with Gasteiger partial charge in [0.25, 0.3) is 0 Å². The first-order valence-corrected chi connectivity index (χ1v) is 4.77. The maximum absolute atomic E-state index is 9.17. The number of hydrogen-bond donors (Lipinski definition) is 1. The number of nitrogens with zero attached hydrogens (tertiary/aromatic N) is 2. The topological polar surface area (TPSA) is 46.0 Å². The van der Waals surface area contributed by atoms with Crippen molar-refractivity contribution < 1.29 is 5.11 Å². The Morgan fingerprint density at radius 1 is 1.00 bits per heavy atom.